The maximum atomic E-state index is 12.3. The Balaban J connectivity index is 1.60. The molecule has 0 saturated heterocycles. The number of anilines is 2. The lowest BCUT2D eigenvalue weighted by atomic mass is 10.3. The number of carbonyl (C=O) groups excluding carboxylic acids is 1. The zero-order valence-corrected chi connectivity index (χ0v) is 19.1. The van der Waals surface area contributed by atoms with Crippen molar-refractivity contribution in [3.05, 3.63) is 62.5 Å². The Bertz CT molecular complexity index is 1100. The number of nitrogens with one attached hydrogen (secondary N) is 2. The minimum absolute atomic E-state index is 0.0406. The van der Waals surface area contributed by atoms with Gasteiger partial charge in [-0.25, -0.2) is 13.4 Å². The molecule has 3 aromatic rings. The number of halogens is 3. The molecular weight excluding hydrogens is 525 g/mol. The largest absolute Gasteiger partial charge is 0.481 e. The van der Waals surface area contributed by atoms with E-state index in [0.29, 0.717) is 20.9 Å². The van der Waals surface area contributed by atoms with Gasteiger partial charge in [-0.3, -0.25) is 9.52 Å². The first-order valence-corrected chi connectivity index (χ1v) is 11.8. The summed E-state index contributed by atoms with van der Waals surface area (Å²) >= 11 is 16.4. The van der Waals surface area contributed by atoms with Gasteiger partial charge in [0.25, 0.3) is 15.9 Å². The second-order valence-corrected chi connectivity index (χ2v) is 9.78. The van der Waals surface area contributed by atoms with Gasteiger partial charge in [0.15, 0.2) is 17.5 Å². The van der Waals surface area contributed by atoms with E-state index in [2.05, 4.69) is 31.0 Å². The molecule has 1 aromatic heterocycles. The van der Waals surface area contributed by atoms with Crippen LogP contribution < -0.4 is 14.8 Å². The Morgan fingerprint density at radius 1 is 1.21 bits per heavy atom. The molecule has 152 valence electrons. The number of benzene rings is 2. The summed E-state index contributed by atoms with van der Waals surface area (Å²) in [5.74, 6) is -0.152. The van der Waals surface area contributed by atoms with Crippen LogP contribution in [-0.2, 0) is 14.8 Å². The Kier molecular flexibility index (Phi) is 7.01. The molecule has 2 N–H and O–H groups in total. The van der Waals surface area contributed by atoms with Gasteiger partial charge in [0.2, 0.25) is 0 Å². The van der Waals surface area contributed by atoms with Gasteiger partial charge in [-0.15, -0.1) is 11.3 Å². The topological polar surface area (TPSA) is 97.4 Å². The summed E-state index contributed by atoms with van der Waals surface area (Å²) < 4.78 is 32.9. The monoisotopic (exact) mass is 535 g/mol. The van der Waals surface area contributed by atoms with Crippen LogP contribution in [0, 0.1) is 0 Å². The number of ether oxygens (including phenoxy) is 1. The molecule has 29 heavy (non-hydrogen) atoms. The lowest BCUT2D eigenvalue weighted by Crippen LogP contribution is -2.20. The number of carbonyl (C=O) groups is 1. The fraction of sp³-hybridized carbons (Fsp3) is 0.0588. The Labute approximate surface area is 189 Å². The van der Waals surface area contributed by atoms with Gasteiger partial charge in [-0.05, 0) is 52.3 Å². The number of thiazole rings is 1. The summed E-state index contributed by atoms with van der Waals surface area (Å²) in [6.45, 7) is -0.300. The number of hydrogen-bond acceptors (Lipinski definition) is 6. The normalized spacial score (nSPS) is 11.1. The molecule has 0 aliphatic heterocycles. The smallest absolute Gasteiger partial charge is 0.263 e. The molecule has 0 spiro atoms. The van der Waals surface area contributed by atoms with Crippen molar-refractivity contribution in [1.29, 1.82) is 0 Å². The quantitative estimate of drug-likeness (QED) is 0.441. The van der Waals surface area contributed by atoms with Gasteiger partial charge < -0.3 is 10.1 Å². The molecule has 1 heterocycles. The van der Waals surface area contributed by atoms with Gasteiger partial charge in [0.05, 0.1) is 14.4 Å². The number of sulfonamides is 1. The molecular formula is C17H12BrCl2N3O4S2. The highest BCUT2D eigenvalue weighted by Crippen LogP contribution is 2.36. The molecule has 0 fully saturated rings. The molecule has 0 saturated carbocycles. The number of nitrogens with zero attached hydrogens (tertiary/aromatic N) is 1. The second kappa shape index (κ2) is 9.31. The van der Waals surface area contributed by atoms with Crippen molar-refractivity contribution in [2.24, 2.45) is 0 Å². The van der Waals surface area contributed by atoms with Gasteiger partial charge in [0.1, 0.15) is 0 Å². The summed E-state index contributed by atoms with van der Waals surface area (Å²) in [6.07, 6.45) is 1.50. The van der Waals surface area contributed by atoms with Crippen molar-refractivity contribution in [3.8, 4) is 5.75 Å². The molecule has 0 aliphatic carbocycles. The SMILES string of the molecule is O=C(COc1c(Cl)cc(Cl)cc1Br)Nc1ccc(S(=O)(=O)Nc2nccs2)cc1. The maximum Gasteiger partial charge on any atom is 0.263 e. The second-order valence-electron chi connectivity index (χ2n) is 5.50. The summed E-state index contributed by atoms with van der Waals surface area (Å²) in [5.41, 5.74) is 0.410. The lowest BCUT2D eigenvalue weighted by Gasteiger charge is -2.11. The molecule has 2 aromatic carbocycles. The van der Waals surface area contributed by atoms with E-state index in [-0.39, 0.29) is 21.7 Å². The van der Waals surface area contributed by atoms with Crippen LogP contribution in [0.3, 0.4) is 0 Å². The van der Waals surface area contributed by atoms with Gasteiger partial charge in [-0.1, -0.05) is 23.2 Å². The van der Waals surface area contributed by atoms with Crippen LogP contribution in [0.1, 0.15) is 0 Å². The molecule has 0 aliphatic rings. The van der Waals surface area contributed by atoms with Crippen LogP contribution in [0.5, 0.6) is 5.75 Å². The zero-order chi connectivity index (χ0) is 21.0. The van der Waals surface area contributed by atoms with E-state index in [4.69, 9.17) is 27.9 Å². The van der Waals surface area contributed by atoms with Gasteiger partial charge in [-0.2, -0.15) is 0 Å². The summed E-state index contributed by atoms with van der Waals surface area (Å²) in [7, 11) is -3.76. The summed E-state index contributed by atoms with van der Waals surface area (Å²) in [6, 6.07) is 8.79. The van der Waals surface area contributed by atoms with Crippen LogP contribution in [0.25, 0.3) is 0 Å². The third kappa shape index (κ3) is 5.83. The third-order valence-corrected chi connectivity index (χ3v) is 6.67. The Hall–Kier alpha value is -1.85. The Morgan fingerprint density at radius 3 is 2.55 bits per heavy atom. The molecule has 0 bridgehead atoms. The minimum Gasteiger partial charge on any atom is -0.481 e. The van der Waals surface area contributed by atoms with Crippen molar-refractivity contribution in [1.82, 2.24) is 4.98 Å². The average Bonchev–Trinajstić information content (AvgIpc) is 3.13. The fourth-order valence-corrected chi connectivity index (χ4v) is 5.32. The molecule has 3 rings (SSSR count). The van der Waals surface area contributed by atoms with Crippen LogP contribution in [0.2, 0.25) is 10.0 Å². The molecule has 0 atom stereocenters. The van der Waals surface area contributed by atoms with E-state index in [0.717, 1.165) is 0 Å². The van der Waals surface area contributed by atoms with Crippen molar-refractivity contribution in [2.45, 2.75) is 4.90 Å². The molecule has 7 nitrogen and oxygen atoms in total. The number of amides is 1. The number of hydrogen-bond donors (Lipinski definition) is 2. The van der Waals surface area contributed by atoms with Gasteiger partial charge in [0, 0.05) is 22.3 Å². The van der Waals surface area contributed by atoms with E-state index in [9.17, 15) is 13.2 Å². The van der Waals surface area contributed by atoms with Crippen molar-refractivity contribution >= 4 is 77.2 Å². The van der Waals surface area contributed by atoms with Crippen molar-refractivity contribution in [2.75, 3.05) is 16.6 Å². The van der Waals surface area contributed by atoms with Crippen LogP contribution in [0.15, 0.2) is 57.3 Å². The van der Waals surface area contributed by atoms with Crippen molar-refractivity contribution in [3.63, 3.8) is 0 Å². The maximum absolute atomic E-state index is 12.3. The predicted molar refractivity (Wildman–Crippen MR) is 118 cm³/mol. The van der Waals surface area contributed by atoms with E-state index >= 15 is 0 Å². The standard InChI is InChI=1S/C17H12BrCl2N3O4S2/c18-13-7-10(19)8-14(20)16(13)27-9-15(24)22-11-1-3-12(4-2-11)29(25,26)23-17-21-5-6-28-17/h1-8H,9H2,(H,21,23)(H,22,24). The average molecular weight is 537 g/mol. The predicted octanol–water partition coefficient (Wildman–Crippen LogP) is 5.03. The summed E-state index contributed by atoms with van der Waals surface area (Å²) in [4.78, 5) is 16.0. The highest BCUT2D eigenvalue weighted by molar-refractivity contribution is 9.10. The minimum atomic E-state index is -3.76. The van der Waals surface area contributed by atoms with Crippen molar-refractivity contribution < 1.29 is 17.9 Å². The first-order chi connectivity index (χ1) is 13.7. The van der Waals surface area contributed by atoms with E-state index < -0.39 is 15.9 Å². The van der Waals surface area contributed by atoms with Crippen LogP contribution in [-0.4, -0.2) is 25.9 Å². The van der Waals surface area contributed by atoms with Gasteiger partial charge >= 0.3 is 0 Å². The first-order valence-electron chi connectivity index (χ1n) is 7.84. The van der Waals surface area contributed by atoms with E-state index in [1.54, 1.807) is 11.4 Å². The molecule has 0 radical (unpaired) electrons. The van der Waals surface area contributed by atoms with Crippen LogP contribution in [0.4, 0.5) is 10.8 Å². The third-order valence-electron chi connectivity index (χ3n) is 3.41. The number of rotatable bonds is 7. The van der Waals surface area contributed by atoms with E-state index in [1.165, 1.54) is 47.9 Å². The fourth-order valence-electron chi connectivity index (χ4n) is 2.17. The lowest BCUT2D eigenvalue weighted by molar-refractivity contribution is -0.118. The highest BCUT2D eigenvalue weighted by atomic mass is 79.9. The van der Waals surface area contributed by atoms with E-state index in [1.807, 2.05) is 0 Å². The number of aromatic nitrogens is 1. The first kappa shape index (κ1) is 21.8. The zero-order valence-electron chi connectivity index (χ0n) is 14.4. The summed E-state index contributed by atoms with van der Waals surface area (Å²) in [5, 5.41) is 5.24. The molecule has 12 heteroatoms. The molecule has 0 unspecified atom stereocenters. The molecule has 1 amide bonds. The van der Waals surface area contributed by atoms with Crippen LogP contribution >= 0.6 is 50.5 Å². The highest BCUT2D eigenvalue weighted by Gasteiger charge is 2.16. The Morgan fingerprint density at radius 2 is 1.93 bits per heavy atom.